The van der Waals surface area contributed by atoms with Crippen molar-refractivity contribution >= 4 is 68.4 Å². The van der Waals surface area contributed by atoms with Crippen LogP contribution in [0, 0.1) is 0 Å². The molecule has 0 bridgehead atoms. The molecule has 1 heterocycles. The lowest BCUT2D eigenvalue weighted by Crippen LogP contribution is -2.54. The van der Waals surface area contributed by atoms with Gasteiger partial charge in [-0.2, -0.15) is 0 Å². The van der Waals surface area contributed by atoms with E-state index in [0.29, 0.717) is 45.5 Å². The van der Waals surface area contributed by atoms with Crippen LogP contribution in [-0.2, 0) is 9.59 Å². The Morgan fingerprint density at radius 1 is 1.10 bits per heavy atom. The van der Waals surface area contributed by atoms with Crippen molar-refractivity contribution in [2.45, 2.75) is 13.8 Å². The van der Waals surface area contributed by atoms with Crippen molar-refractivity contribution in [3.63, 3.8) is 0 Å². The first-order valence-corrected chi connectivity index (χ1v) is 10.7. The highest BCUT2D eigenvalue weighted by Crippen LogP contribution is 2.35. The summed E-state index contributed by atoms with van der Waals surface area (Å²) in [7, 11) is 0. The van der Waals surface area contributed by atoms with Gasteiger partial charge in [-0.25, -0.2) is 0 Å². The Bertz CT molecular complexity index is 1040. The molecule has 0 aromatic heterocycles. The van der Waals surface area contributed by atoms with Gasteiger partial charge >= 0.3 is 0 Å². The maximum absolute atomic E-state index is 13.2. The summed E-state index contributed by atoms with van der Waals surface area (Å²) in [5.74, 6) is -0.0314. The molecule has 1 fully saturated rings. The van der Waals surface area contributed by atoms with Crippen LogP contribution in [0.4, 0.5) is 5.69 Å². The van der Waals surface area contributed by atoms with Crippen LogP contribution >= 0.6 is 39.7 Å². The summed E-state index contributed by atoms with van der Waals surface area (Å²) in [6.07, 6.45) is 1.48. The molecular weight excluding hydrogens is 492 g/mol. The van der Waals surface area contributed by atoms with Gasteiger partial charge in [-0.05, 0) is 78.4 Å². The molecule has 1 saturated heterocycles. The monoisotopic (exact) mass is 508 g/mol. The van der Waals surface area contributed by atoms with Crippen LogP contribution < -0.4 is 19.7 Å². The molecule has 0 saturated carbocycles. The van der Waals surface area contributed by atoms with Crippen molar-refractivity contribution in [2.75, 3.05) is 18.1 Å². The van der Waals surface area contributed by atoms with Crippen molar-refractivity contribution < 1.29 is 19.1 Å². The Balaban J connectivity index is 2.05. The highest BCUT2D eigenvalue weighted by atomic mass is 79.9. The molecule has 0 unspecified atom stereocenters. The van der Waals surface area contributed by atoms with E-state index >= 15 is 0 Å². The fraction of sp³-hybridized carbons (Fsp3) is 0.190. The Kier molecular flexibility index (Phi) is 7.12. The maximum Gasteiger partial charge on any atom is 0.270 e. The predicted octanol–water partition coefficient (Wildman–Crippen LogP) is 4.73. The lowest BCUT2D eigenvalue weighted by Gasteiger charge is -2.29. The van der Waals surface area contributed by atoms with E-state index in [2.05, 4.69) is 21.2 Å². The molecule has 1 N–H and O–H groups in total. The first kappa shape index (κ1) is 22.3. The van der Waals surface area contributed by atoms with E-state index in [9.17, 15) is 9.59 Å². The minimum atomic E-state index is -0.581. The first-order chi connectivity index (χ1) is 14.3. The predicted molar refractivity (Wildman–Crippen MR) is 124 cm³/mol. The van der Waals surface area contributed by atoms with E-state index in [4.69, 9.17) is 33.3 Å². The van der Waals surface area contributed by atoms with E-state index in [-0.39, 0.29) is 10.7 Å². The van der Waals surface area contributed by atoms with Gasteiger partial charge in [-0.3, -0.25) is 19.8 Å². The summed E-state index contributed by atoms with van der Waals surface area (Å²) in [4.78, 5) is 27.0. The third-order valence-corrected chi connectivity index (χ3v) is 5.31. The van der Waals surface area contributed by atoms with Crippen molar-refractivity contribution in [3.05, 3.63) is 57.0 Å². The lowest BCUT2D eigenvalue weighted by molar-refractivity contribution is -0.122. The normalized spacial score (nSPS) is 15.4. The largest absolute Gasteiger partial charge is 0.493 e. The van der Waals surface area contributed by atoms with Gasteiger partial charge in [0.05, 0.1) is 23.4 Å². The second-order valence-electron chi connectivity index (χ2n) is 6.12. The molecule has 2 aromatic rings. The van der Waals surface area contributed by atoms with Crippen molar-refractivity contribution in [1.82, 2.24) is 5.32 Å². The Hall–Kier alpha value is -2.42. The van der Waals surface area contributed by atoms with Gasteiger partial charge in [0.25, 0.3) is 11.8 Å². The molecule has 3 rings (SSSR count). The van der Waals surface area contributed by atoms with E-state index in [1.165, 1.54) is 11.0 Å². The Morgan fingerprint density at radius 3 is 2.37 bits per heavy atom. The number of halogens is 2. The minimum Gasteiger partial charge on any atom is -0.493 e. The topological polar surface area (TPSA) is 67.9 Å². The van der Waals surface area contributed by atoms with E-state index < -0.39 is 11.8 Å². The summed E-state index contributed by atoms with van der Waals surface area (Å²) in [5.41, 5.74) is 0.975. The Labute approximate surface area is 192 Å². The molecule has 0 spiro atoms. The molecule has 0 radical (unpaired) electrons. The number of hydrogen-bond donors (Lipinski definition) is 1. The number of amides is 2. The molecule has 2 amide bonds. The molecule has 156 valence electrons. The number of anilines is 1. The van der Waals surface area contributed by atoms with Gasteiger partial charge in [0, 0.05) is 16.7 Å². The number of rotatable bonds is 6. The third-order valence-electron chi connectivity index (χ3n) is 4.15. The minimum absolute atomic E-state index is 0.00220. The van der Waals surface area contributed by atoms with Crippen LogP contribution in [0.25, 0.3) is 6.08 Å². The van der Waals surface area contributed by atoms with Gasteiger partial charge in [0.2, 0.25) is 0 Å². The molecule has 0 aliphatic carbocycles. The fourth-order valence-corrected chi connectivity index (χ4v) is 3.73. The molecule has 2 aromatic carbocycles. The van der Waals surface area contributed by atoms with Crippen LogP contribution in [-0.4, -0.2) is 30.1 Å². The lowest BCUT2D eigenvalue weighted by atomic mass is 10.1. The SMILES string of the molecule is CCOc1cc(OCC)c(C=C2C(=O)NC(=S)N(c3ccc(Cl)cc3)C2=O)cc1Br. The number of ether oxygens (including phenoxy) is 2. The van der Waals surface area contributed by atoms with Crippen LogP contribution in [0.2, 0.25) is 5.02 Å². The third kappa shape index (κ3) is 4.66. The number of thiocarbonyl (C=S) groups is 1. The summed E-state index contributed by atoms with van der Waals surface area (Å²) in [5, 5.41) is 3.08. The zero-order valence-electron chi connectivity index (χ0n) is 16.2. The fourth-order valence-electron chi connectivity index (χ4n) is 2.85. The van der Waals surface area contributed by atoms with Crippen molar-refractivity contribution in [3.8, 4) is 11.5 Å². The zero-order chi connectivity index (χ0) is 21.8. The molecular formula is C21H18BrClN2O4S. The molecule has 1 aliphatic rings. The van der Waals surface area contributed by atoms with Gasteiger partial charge in [0.1, 0.15) is 17.1 Å². The first-order valence-electron chi connectivity index (χ1n) is 9.11. The molecule has 6 nitrogen and oxygen atoms in total. The quantitative estimate of drug-likeness (QED) is 0.346. The van der Waals surface area contributed by atoms with Crippen LogP contribution in [0.1, 0.15) is 19.4 Å². The van der Waals surface area contributed by atoms with E-state index in [0.717, 1.165) is 0 Å². The summed E-state index contributed by atoms with van der Waals surface area (Å²) in [6, 6.07) is 10.0. The highest BCUT2D eigenvalue weighted by molar-refractivity contribution is 9.10. The molecule has 30 heavy (non-hydrogen) atoms. The van der Waals surface area contributed by atoms with Gasteiger partial charge in [0.15, 0.2) is 5.11 Å². The number of benzene rings is 2. The number of nitrogens with one attached hydrogen (secondary N) is 1. The van der Waals surface area contributed by atoms with E-state index in [1.54, 1.807) is 36.4 Å². The number of carbonyl (C=O) groups excluding carboxylic acids is 2. The number of hydrogen-bond acceptors (Lipinski definition) is 5. The molecule has 9 heteroatoms. The molecule has 1 aliphatic heterocycles. The number of nitrogens with zero attached hydrogens (tertiary/aromatic N) is 1. The average Bonchev–Trinajstić information content (AvgIpc) is 2.70. The maximum atomic E-state index is 13.2. The summed E-state index contributed by atoms with van der Waals surface area (Å²) in [6.45, 7) is 4.62. The second-order valence-corrected chi connectivity index (χ2v) is 7.80. The summed E-state index contributed by atoms with van der Waals surface area (Å²) < 4.78 is 11.9. The zero-order valence-corrected chi connectivity index (χ0v) is 19.4. The Morgan fingerprint density at radius 2 is 1.73 bits per heavy atom. The standard InChI is InChI=1S/C21H18BrClN2O4S/c1-3-28-17-11-18(29-4-2)16(22)10-12(17)9-15-19(26)24-21(30)25(20(15)27)14-7-5-13(23)6-8-14/h5-11H,3-4H2,1-2H3,(H,24,26,30). The molecule has 0 atom stereocenters. The summed E-state index contributed by atoms with van der Waals surface area (Å²) >= 11 is 14.6. The van der Waals surface area contributed by atoms with Gasteiger partial charge in [-0.1, -0.05) is 11.6 Å². The van der Waals surface area contributed by atoms with E-state index in [1.807, 2.05) is 13.8 Å². The number of carbonyl (C=O) groups is 2. The highest BCUT2D eigenvalue weighted by Gasteiger charge is 2.34. The second kappa shape index (κ2) is 9.59. The van der Waals surface area contributed by atoms with Crippen LogP contribution in [0.5, 0.6) is 11.5 Å². The van der Waals surface area contributed by atoms with Crippen LogP contribution in [0.15, 0.2) is 46.4 Å². The van der Waals surface area contributed by atoms with Crippen LogP contribution in [0.3, 0.4) is 0 Å². The van der Waals surface area contributed by atoms with Crippen molar-refractivity contribution in [1.29, 1.82) is 0 Å². The smallest absolute Gasteiger partial charge is 0.270 e. The van der Waals surface area contributed by atoms with Crippen molar-refractivity contribution in [2.24, 2.45) is 0 Å². The van der Waals surface area contributed by atoms with Gasteiger partial charge in [-0.15, -0.1) is 0 Å². The average molecular weight is 510 g/mol. The van der Waals surface area contributed by atoms with Gasteiger partial charge < -0.3 is 9.47 Å².